The summed E-state index contributed by atoms with van der Waals surface area (Å²) >= 11 is 10.4. The number of nitrogens with zero attached hydrogens (tertiary/aromatic N) is 2. The molecule has 0 aliphatic rings. The van der Waals surface area contributed by atoms with Crippen LogP contribution in [0.2, 0.25) is 5.15 Å². The smallest absolute Gasteiger partial charge is 0.139 e. The quantitative estimate of drug-likeness (QED) is 0.524. The summed E-state index contributed by atoms with van der Waals surface area (Å²) in [5, 5.41) is 1.36. The molecule has 0 saturated carbocycles. The van der Waals surface area contributed by atoms with Gasteiger partial charge < -0.3 is 9.30 Å². The maximum Gasteiger partial charge on any atom is 0.139 e. The number of pyridine rings is 1. The highest BCUT2D eigenvalue weighted by Gasteiger charge is 2.14. The molecular formula is C12H13ClN2OS. The lowest BCUT2D eigenvalue weighted by Crippen LogP contribution is -1.98. The highest BCUT2D eigenvalue weighted by molar-refractivity contribution is 7.80. The maximum atomic E-state index is 6.00. The third-order valence-corrected chi connectivity index (χ3v) is 3.04. The minimum atomic E-state index is 0.412. The first-order valence-corrected chi connectivity index (χ1v) is 6.03. The zero-order chi connectivity index (χ0) is 12.6. The predicted molar refractivity (Wildman–Crippen MR) is 73.6 cm³/mol. The van der Waals surface area contributed by atoms with Gasteiger partial charge in [-0.3, -0.25) is 0 Å². The van der Waals surface area contributed by atoms with Crippen molar-refractivity contribution in [3.63, 3.8) is 0 Å². The number of rotatable bonds is 3. The molecule has 2 rings (SSSR count). The molecule has 90 valence electrons. The fraction of sp³-hybridized carbons (Fsp3) is 0.250. The maximum absolute atomic E-state index is 6.00. The molecule has 0 radical (unpaired) electrons. The van der Waals surface area contributed by atoms with Crippen LogP contribution in [0.5, 0.6) is 0 Å². The highest BCUT2D eigenvalue weighted by Crippen LogP contribution is 2.31. The molecule has 0 aliphatic heterocycles. The number of ether oxygens (including phenoxy) is 1. The summed E-state index contributed by atoms with van der Waals surface area (Å²) in [5.74, 6) is 0.523. The van der Waals surface area contributed by atoms with Gasteiger partial charge in [-0.1, -0.05) is 18.2 Å². The molecule has 2 aromatic heterocycles. The molecule has 0 fully saturated rings. The molecule has 5 heteroatoms. The molecule has 2 heterocycles. The van der Waals surface area contributed by atoms with Crippen molar-refractivity contribution in [2.75, 3.05) is 6.61 Å². The van der Waals surface area contributed by atoms with E-state index >= 15 is 0 Å². The molecule has 3 nitrogen and oxygen atoms in total. The van der Waals surface area contributed by atoms with Gasteiger partial charge in [-0.15, -0.1) is 12.6 Å². The zero-order valence-corrected chi connectivity index (χ0v) is 11.3. The fourth-order valence-electron chi connectivity index (χ4n) is 1.81. The summed E-state index contributed by atoms with van der Waals surface area (Å²) in [7, 11) is 1.93. The van der Waals surface area contributed by atoms with E-state index in [2.05, 4.69) is 24.2 Å². The van der Waals surface area contributed by atoms with Crippen LogP contribution >= 0.6 is 24.2 Å². The molecule has 0 aromatic carbocycles. The first-order valence-electron chi connectivity index (χ1n) is 5.21. The Balaban J connectivity index is 2.73. The monoisotopic (exact) mass is 268 g/mol. The number of hydrogen-bond acceptors (Lipinski definition) is 3. The summed E-state index contributed by atoms with van der Waals surface area (Å²) in [4.78, 5) is 5.14. The number of aromatic nitrogens is 2. The molecule has 0 aliphatic carbocycles. The number of halogens is 1. The van der Waals surface area contributed by atoms with Crippen LogP contribution in [0.3, 0.4) is 0 Å². The van der Waals surface area contributed by atoms with Gasteiger partial charge in [0.15, 0.2) is 0 Å². The van der Waals surface area contributed by atoms with Crippen molar-refractivity contribution in [1.82, 2.24) is 9.55 Å². The summed E-state index contributed by atoms with van der Waals surface area (Å²) in [6.45, 7) is 6.33. The standard InChI is InChI=1S/C12H13ClN2OS/c1-4-16-7(2)11-12-8(5-10(13)14-11)9(17)6-15(12)3/h5-6,17H,2,4H2,1,3H3. The Hall–Kier alpha value is -1.13. The molecule has 0 atom stereocenters. The SMILES string of the molecule is C=C(OCC)c1nc(Cl)cc2c(S)cn(C)c12. The Labute approximate surface area is 110 Å². The van der Waals surface area contributed by atoms with E-state index in [4.69, 9.17) is 16.3 Å². The van der Waals surface area contributed by atoms with Crippen molar-refractivity contribution in [2.24, 2.45) is 7.05 Å². The molecule has 0 N–H and O–H groups in total. The van der Waals surface area contributed by atoms with Crippen LogP contribution in [0.1, 0.15) is 12.6 Å². The van der Waals surface area contributed by atoms with Crippen LogP contribution in [-0.2, 0) is 11.8 Å². The number of aryl methyl sites for hydroxylation is 1. The summed E-state index contributed by atoms with van der Waals surface area (Å²) in [6, 6.07) is 1.79. The zero-order valence-electron chi connectivity index (χ0n) is 9.70. The first kappa shape index (κ1) is 12.3. The highest BCUT2D eigenvalue weighted by atomic mass is 35.5. The molecule has 0 unspecified atom stereocenters. The molecule has 0 spiro atoms. The minimum Gasteiger partial charge on any atom is -0.492 e. The second kappa shape index (κ2) is 4.63. The average Bonchev–Trinajstić information content (AvgIpc) is 2.54. The van der Waals surface area contributed by atoms with E-state index in [0.29, 0.717) is 23.2 Å². The Kier molecular flexibility index (Phi) is 3.35. The summed E-state index contributed by atoms with van der Waals surface area (Å²) in [5.41, 5.74) is 1.59. The number of hydrogen-bond donors (Lipinski definition) is 1. The van der Waals surface area contributed by atoms with E-state index in [-0.39, 0.29) is 0 Å². The summed E-state index contributed by atoms with van der Waals surface area (Å²) in [6.07, 6.45) is 1.91. The lowest BCUT2D eigenvalue weighted by atomic mass is 10.2. The Bertz CT molecular complexity index is 592. The van der Waals surface area contributed by atoms with Gasteiger partial charge in [0, 0.05) is 23.5 Å². The third kappa shape index (κ3) is 2.15. The van der Waals surface area contributed by atoms with E-state index in [9.17, 15) is 0 Å². The molecule has 2 aromatic rings. The van der Waals surface area contributed by atoms with Crippen LogP contribution in [0, 0.1) is 0 Å². The van der Waals surface area contributed by atoms with Gasteiger partial charge in [0.25, 0.3) is 0 Å². The van der Waals surface area contributed by atoms with Crippen LogP contribution in [0.25, 0.3) is 16.7 Å². The molecule has 0 bridgehead atoms. The first-order chi connectivity index (χ1) is 8.04. The van der Waals surface area contributed by atoms with Crippen LogP contribution in [0.4, 0.5) is 0 Å². The molecular weight excluding hydrogens is 256 g/mol. The number of fused-ring (bicyclic) bond motifs is 1. The minimum absolute atomic E-state index is 0.412. The largest absolute Gasteiger partial charge is 0.492 e. The number of thiol groups is 1. The second-order valence-corrected chi connectivity index (χ2v) is 4.54. The second-order valence-electron chi connectivity index (χ2n) is 3.67. The van der Waals surface area contributed by atoms with E-state index in [1.54, 1.807) is 6.07 Å². The van der Waals surface area contributed by atoms with E-state index < -0.39 is 0 Å². The molecule has 17 heavy (non-hydrogen) atoms. The van der Waals surface area contributed by atoms with Crippen molar-refractivity contribution >= 4 is 40.9 Å². The van der Waals surface area contributed by atoms with Gasteiger partial charge in [-0.25, -0.2) is 4.98 Å². The van der Waals surface area contributed by atoms with Gasteiger partial charge in [-0.2, -0.15) is 0 Å². The van der Waals surface area contributed by atoms with E-state index in [1.807, 2.05) is 24.7 Å². The lowest BCUT2D eigenvalue weighted by Gasteiger charge is -2.09. The molecule has 0 amide bonds. The third-order valence-electron chi connectivity index (χ3n) is 2.49. The van der Waals surface area contributed by atoms with Crippen molar-refractivity contribution in [1.29, 1.82) is 0 Å². The van der Waals surface area contributed by atoms with Gasteiger partial charge in [0.1, 0.15) is 16.6 Å². The van der Waals surface area contributed by atoms with Crippen molar-refractivity contribution in [3.8, 4) is 0 Å². The molecule has 0 saturated heterocycles. The van der Waals surface area contributed by atoms with Gasteiger partial charge in [0.2, 0.25) is 0 Å². The van der Waals surface area contributed by atoms with E-state index in [0.717, 1.165) is 15.8 Å². The van der Waals surface area contributed by atoms with Crippen molar-refractivity contribution < 1.29 is 4.74 Å². The van der Waals surface area contributed by atoms with Gasteiger partial charge >= 0.3 is 0 Å². The fourth-order valence-corrected chi connectivity index (χ4v) is 2.35. The Morgan fingerprint density at radius 1 is 1.65 bits per heavy atom. The van der Waals surface area contributed by atoms with Gasteiger partial charge in [0.05, 0.1) is 12.1 Å². The normalized spacial score (nSPS) is 10.8. The van der Waals surface area contributed by atoms with Crippen LogP contribution in [-0.4, -0.2) is 16.2 Å². The van der Waals surface area contributed by atoms with Crippen LogP contribution < -0.4 is 0 Å². The predicted octanol–water partition coefficient (Wildman–Crippen LogP) is 3.52. The lowest BCUT2D eigenvalue weighted by molar-refractivity contribution is 0.298. The topological polar surface area (TPSA) is 27.1 Å². The van der Waals surface area contributed by atoms with Gasteiger partial charge in [-0.05, 0) is 13.0 Å². The van der Waals surface area contributed by atoms with Crippen molar-refractivity contribution in [3.05, 3.63) is 29.7 Å². The Morgan fingerprint density at radius 2 is 2.35 bits per heavy atom. The van der Waals surface area contributed by atoms with Crippen molar-refractivity contribution in [2.45, 2.75) is 11.8 Å². The Morgan fingerprint density at radius 3 is 3.00 bits per heavy atom. The average molecular weight is 269 g/mol. The van der Waals surface area contributed by atoms with Crippen LogP contribution in [0.15, 0.2) is 23.7 Å². The van der Waals surface area contributed by atoms with E-state index in [1.165, 1.54) is 0 Å². The summed E-state index contributed by atoms with van der Waals surface area (Å²) < 4.78 is 7.35.